The number of aromatic nitrogens is 2. The summed E-state index contributed by atoms with van der Waals surface area (Å²) in [6.45, 7) is 1.98. The van der Waals surface area contributed by atoms with E-state index in [-0.39, 0.29) is 6.04 Å². The van der Waals surface area contributed by atoms with Crippen molar-refractivity contribution in [1.82, 2.24) is 10.1 Å². The number of rotatable bonds is 3. The normalized spacial score (nSPS) is 12.7. The third-order valence-electron chi connectivity index (χ3n) is 2.23. The Morgan fingerprint density at radius 3 is 2.73 bits per heavy atom. The zero-order valence-corrected chi connectivity index (χ0v) is 8.55. The number of benzene rings is 1. The highest BCUT2D eigenvalue weighted by molar-refractivity contribution is 5.53. The molecule has 0 fully saturated rings. The molecule has 0 saturated heterocycles. The monoisotopic (exact) mass is 203 g/mol. The lowest BCUT2D eigenvalue weighted by molar-refractivity contribution is 0.352. The molecule has 0 bridgehead atoms. The SMILES string of the molecule is CCC(N)c1nc(-c2ccccc2)no1. The fourth-order valence-corrected chi connectivity index (χ4v) is 1.26. The Labute approximate surface area is 88.1 Å². The number of hydrogen-bond acceptors (Lipinski definition) is 4. The summed E-state index contributed by atoms with van der Waals surface area (Å²) in [5.41, 5.74) is 6.73. The van der Waals surface area contributed by atoms with Gasteiger partial charge in [-0.1, -0.05) is 42.4 Å². The molecule has 4 heteroatoms. The van der Waals surface area contributed by atoms with Crippen LogP contribution >= 0.6 is 0 Å². The molecule has 1 aromatic carbocycles. The van der Waals surface area contributed by atoms with E-state index in [1.54, 1.807) is 0 Å². The van der Waals surface area contributed by atoms with Crippen LogP contribution in [0, 0.1) is 0 Å². The maximum atomic E-state index is 5.79. The van der Waals surface area contributed by atoms with Crippen LogP contribution in [0.1, 0.15) is 25.3 Å². The zero-order chi connectivity index (χ0) is 10.7. The molecule has 2 rings (SSSR count). The van der Waals surface area contributed by atoms with Crippen molar-refractivity contribution in [3.63, 3.8) is 0 Å². The third-order valence-corrected chi connectivity index (χ3v) is 2.23. The second-order valence-electron chi connectivity index (χ2n) is 3.34. The van der Waals surface area contributed by atoms with Crippen LogP contribution in [0.25, 0.3) is 11.4 Å². The Kier molecular flexibility index (Phi) is 2.78. The van der Waals surface area contributed by atoms with Crippen molar-refractivity contribution in [2.45, 2.75) is 19.4 Å². The minimum absolute atomic E-state index is 0.171. The average Bonchev–Trinajstić information content (AvgIpc) is 2.78. The molecule has 0 aliphatic carbocycles. The van der Waals surface area contributed by atoms with Gasteiger partial charge < -0.3 is 10.3 Å². The molecule has 1 heterocycles. The summed E-state index contributed by atoms with van der Waals surface area (Å²) >= 11 is 0. The largest absolute Gasteiger partial charge is 0.337 e. The van der Waals surface area contributed by atoms with Crippen molar-refractivity contribution >= 4 is 0 Å². The van der Waals surface area contributed by atoms with Gasteiger partial charge >= 0.3 is 0 Å². The van der Waals surface area contributed by atoms with E-state index in [1.165, 1.54) is 0 Å². The first-order valence-electron chi connectivity index (χ1n) is 4.96. The van der Waals surface area contributed by atoms with E-state index >= 15 is 0 Å². The molecule has 0 spiro atoms. The molecule has 2 aromatic rings. The molecule has 1 unspecified atom stereocenters. The van der Waals surface area contributed by atoms with E-state index in [2.05, 4.69) is 10.1 Å². The van der Waals surface area contributed by atoms with Crippen molar-refractivity contribution in [3.8, 4) is 11.4 Å². The van der Waals surface area contributed by atoms with Gasteiger partial charge in [-0.3, -0.25) is 0 Å². The number of nitrogens with two attached hydrogens (primary N) is 1. The molecule has 4 nitrogen and oxygen atoms in total. The van der Waals surface area contributed by atoms with Gasteiger partial charge in [-0.15, -0.1) is 0 Å². The van der Waals surface area contributed by atoms with E-state index < -0.39 is 0 Å². The van der Waals surface area contributed by atoms with E-state index in [9.17, 15) is 0 Å². The second-order valence-corrected chi connectivity index (χ2v) is 3.34. The summed E-state index contributed by atoms with van der Waals surface area (Å²) in [6, 6.07) is 9.52. The lowest BCUT2D eigenvalue weighted by atomic mass is 10.2. The quantitative estimate of drug-likeness (QED) is 0.830. The predicted octanol–water partition coefficient (Wildman–Crippen LogP) is 2.15. The van der Waals surface area contributed by atoms with Crippen molar-refractivity contribution in [3.05, 3.63) is 36.2 Å². The Bertz CT molecular complexity index is 424. The van der Waals surface area contributed by atoms with Gasteiger partial charge in [-0.05, 0) is 6.42 Å². The first-order valence-corrected chi connectivity index (χ1v) is 4.96. The van der Waals surface area contributed by atoms with Gasteiger partial charge in [-0.25, -0.2) is 0 Å². The minimum Gasteiger partial charge on any atom is -0.337 e. The van der Waals surface area contributed by atoms with Crippen molar-refractivity contribution in [2.24, 2.45) is 5.73 Å². The third kappa shape index (κ3) is 2.05. The van der Waals surface area contributed by atoms with Gasteiger partial charge in [0.2, 0.25) is 11.7 Å². The van der Waals surface area contributed by atoms with Crippen LogP contribution in [0.4, 0.5) is 0 Å². The van der Waals surface area contributed by atoms with Gasteiger partial charge in [-0.2, -0.15) is 4.98 Å². The molecule has 0 aliphatic heterocycles. The molecule has 0 radical (unpaired) electrons. The summed E-state index contributed by atoms with van der Waals surface area (Å²) in [6.07, 6.45) is 0.788. The standard InChI is InChI=1S/C11H13N3O/c1-2-9(12)11-13-10(14-15-11)8-6-4-3-5-7-8/h3-7,9H,2,12H2,1H3. The average molecular weight is 203 g/mol. The van der Waals surface area contributed by atoms with Crippen molar-refractivity contribution in [2.75, 3.05) is 0 Å². The summed E-state index contributed by atoms with van der Waals surface area (Å²) in [7, 11) is 0. The van der Waals surface area contributed by atoms with Crippen LogP contribution in [-0.4, -0.2) is 10.1 Å². The Morgan fingerprint density at radius 2 is 2.07 bits per heavy atom. The Balaban J connectivity index is 2.28. The van der Waals surface area contributed by atoms with Gasteiger partial charge in [0.1, 0.15) is 0 Å². The van der Waals surface area contributed by atoms with Crippen LogP contribution < -0.4 is 5.73 Å². The zero-order valence-electron chi connectivity index (χ0n) is 8.55. The maximum Gasteiger partial charge on any atom is 0.243 e. The first kappa shape index (κ1) is 9.86. The molecule has 1 aromatic heterocycles. The molecule has 1 atom stereocenters. The Hall–Kier alpha value is -1.68. The van der Waals surface area contributed by atoms with Crippen molar-refractivity contribution < 1.29 is 4.52 Å². The number of hydrogen-bond donors (Lipinski definition) is 1. The van der Waals surface area contributed by atoms with E-state index in [4.69, 9.17) is 10.3 Å². The second kappa shape index (κ2) is 4.23. The van der Waals surface area contributed by atoms with Gasteiger partial charge in [0, 0.05) is 5.56 Å². The fourth-order valence-electron chi connectivity index (χ4n) is 1.26. The van der Waals surface area contributed by atoms with E-state index in [0.29, 0.717) is 11.7 Å². The van der Waals surface area contributed by atoms with E-state index in [1.807, 2.05) is 37.3 Å². The molecule has 0 saturated carbocycles. The smallest absolute Gasteiger partial charge is 0.243 e. The first-order chi connectivity index (χ1) is 7.31. The van der Waals surface area contributed by atoms with Gasteiger partial charge in [0.25, 0.3) is 0 Å². The highest BCUT2D eigenvalue weighted by Crippen LogP contribution is 2.18. The van der Waals surface area contributed by atoms with Crippen LogP contribution in [0.15, 0.2) is 34.9 Å². The topological polar surface area (TPSA) is 64.9 Å². The van der Waals surface area contributed by atoms with Crippen LogP contribution in [0.3, 0.4) is 0 Å². The maximum absolute atomic E-state index is 5.79. The highest BCUT2D eigenvalue weighted by Gasteiger charge is 2.13. The molecule has 2 N–H and O–H groups in total. The molecule has 0 aliphatic rings. The molecule has 0 amide bonds. The Morgan fingerprint density at radius 1 is 1.33 bits per heavy atom. The summed E-state index contributed by atoms with van der Waals surface area (Å²) in [5, 5.41) is 3.89. The highest BCUT2D eigenvalue weighted by atomic mass is 16.5. The van der Waals surface area contributed by atoms with Crippen LogP contribution in [-0.2, 0) is 0 Å². The summed E-state index contributed by atoms with van der Waals surface area (Å²) in [5.74, 6) is 1.09. The van der Waals surface area contributed by atoms with Gasteiger partial charge in [0.15, 0.2) is 0 Å². The predicted molar refractivity (Wildman–Crippen MR) is 57.0 cm³/mol. The number of nitrogens with zero attached hydrogens (tertiary/aromatic N) is 2. The molecular weight excluding hydrogens is 190 g/mol. The van der Waals surface area contributed by atoms with Crippen molar-refractivity contribution in [1.29, 1.82) is 0 Å². The van der Waals surface area contributed by atoms with Crippen LogP contribution in [0.2, 0.25) is 0 Å². The minimum atomic E-state index is -0.171. The van der Waals surface area contributed by atoms with Crippen LogP contribution in [0.5, 0.6) is 0 Å². The molecule has 15 heavy (non-hydrogen) atoms. The summed E-state index contributed by atoms with van der Waals surface area (Å²) in [4.78, 5) is 4.25. The lowest BCUT2D eigenvalue weighted by Gasteiger charge is -1.99. The van der Waals surface area contributed by atoms with E-state index in [0.717, 1.165) is 12.0 Å². The molecular formula is C11H13N3O. The molecule has 78 valence electrons. The van der Waals surface area contributed by atoms with Gasteiger partial charge in [0.05, 0.1) is 6.04 Å². The fraction of sp³-hybridized carbons (Fsp3) is 0.273. The summed E-state index contributed by atoms with van der Waals surface area (Å²) < 4.78 is 5.09. The lowest BCUT2D eigenvalue weighted by Crippen LogP contribution is -2.08.